The number of hydrogen-bond donors (Lipinski definition) is 0. The molecule has 0 atom stereocenters. The summed E-state index contributed by atoms with van der Waals surface area (Å²) in [6, 6.07) is 19.0. The molecule has 0 spiro atoms. The second-order valence-corrected chi connectivity index (χ2v) is 6.33. The minimum absolute atomic E-state index is 0.969. The van der Waals surface area contributed by atoms with Gasteiger partial charge < -0.3 is 9.80 Å². The van der Waals surface area contributed by atoms with E-state index in [0.29, 0.717) is 0 Å². The number of hydrogen-bond acceptors (Lipinski definition) is 3. The summed E-state index contributed by atoms with van der Waals surface area (Å²) in [6.45, 7) is 0. The molecule has 0 aliphatic rings. The van der Waals surface area contributed by atoms with Crippen molar-refractivity contribution in [2.24, 2.45) is 0 Å². The van der Waals surface area contributed by atoms with Crippen molar-refractivity contribution < 1.29 is 0 Å². The highest BCUT2D eigenvalue weighted by molar-refractivity contribution is 5.84. The predicted octanol–water partition coefficient (Wildman–Crippen LogP) is 4.54. The number of benzene rings is 2. The molecule has 24 heavy (non-hydrogen) atoms. The van der Waals surface area contributed by atoms with Crippen LogP contribution in [-0.2, 0) is 0 Å². The zero-order chi connectivity index (χ0) is 17.1. The van der Waals surface area contributed by atoms with E-state index in [0.717, 1.165) is 16.6 Å². The minimum atomic E-state index is 0.969. The van der Waals surface area contributed by atoms with Crippen LogP contribution in [0.25, 0.3) is 23.1 Å². The number of pyridine rings is 1. The van der Waals surface area contributed by atoms with Gasteiger partial charge in [0.1, 0.15) is 0 Å². The maximum atomic E-state index is 4.72. The Morgan fingerprint density at radius 2 is 1.38 bits per heavy atom. The van der Waals surface area contributed by atoms with Gasteiger partial charge in [-0.1, -0.05) is 24.3 Å². The van der Waals surface area contributed by atoms with Gasteiger partial charge in [-0.3, -0.25) is 0 Å². The molecule has 0 saturated carbocycles. The van der Waals surface area contributed by atoms with E-state index < -0.39 is 0 Å². The molecular weight excluding hydrogens is 294 g/mol. The molecule has 1 heterocycles. The van der Waals surface area contributed by atoms with E-state index in [-0.39, 0.29) is 0 Å². The summed E-state index contributed by atoms with van der Waals surface area (Å²) in [4.78, 5) is 8.92. The molecule has 0 N–H and O–H groups in total. The molecule has 0 fully saturated rings. The summed E-state index contributed by atoms with van der Waals surface area (Å²) < 4.78 is 0. The zero-order valence-corrected chi connectivity index (χ0v) is 14.7. The van der Waals surface area contributed by atoms with E-state index in [1.807, 2.05) is 28.2 Å². The van der Waals surface area contributed by atoms with Gasteiger partial charge in [-0.15, -0.1) is 0 Å². The lowest BCUT2D eigenvalue weighted by atomic mass is 10.1. The topological polar surface area (TPSA) is 19.4 Å². The molecule has 0 saturated heterocycles. The Kier molecular flexibility index (Phi) is 4.52. The molecule has 0 amide bonds. The number of rotatable bonds is 4. The van der Waals surface area contributed by atoms with Gasteiger partial charge >= 0.3 is 0 Å². The van der Waals surface area contributed by atoms with Crippen LogP contribution in [0.2, 0.25) is 0 Å². The standard InChI is InChI=1S/C21H23N3/c1-23(2)19-11-6-16(7-12-19)5-9-18-10-8-17-15-20(24(3)4)13-14-21(17)22-18/h5-15H,1-4H3. The highest BCUT2D eigenvalue weighted by Gasteiger charge is 2.00. The first kappa shape index (κ1) is 16.1. The maximum absolute atomic E-state index is 4.72. The average Bonchev–Trinajstić information content (AvgIpc) is 2.59. The van der Waals surface area contributed by atoms with Crippen molar-refractivity contribution in [1.29, 1.82) is 0 Å². The third-order valence-electron chi connectivity index (χ3n) is 4.07. The fourth-order valence-electron chi connectivity index (χ4n) is 2.56. The Balaban J connectivity index is 1.83. The molecular formula is C21H23N3. The number of nitrogens with zero attached hydrogens (tertiary/aromatic N) is 3. The van der Waals surface area contributed by atoms with Gasteiger partial charge in [0.05, 0.1) is 11.2 Å². The largest absolute Gasteiger partial charge is 0.378 e. The fraction of sp³-hybridized carbons (Fsp3) is 0.190. The molecule has 0 aliphatic carbocycles. The van der Waals surface area contributed by atoms with Crippen molar-refractivity contribution in [3.63, 3.8) is 0 Å². The molecule has 122 valence electrons. The number of fused-ring (bicyclic) bond motifs is 1. The van der Waals surface area contributed by atoms with Crippen LogP contribution in [0.3, 0.4) is 0 Å². The molecule has 0 aliphatic heterocycles. The van der Waals surface area contributed by atoms with Gasteiger partial charge in [0.25, 0.3) is 0 Å². The van der Waals surface area contributed by atoms with Gasteiger partial charge in [-0.05, 0) is 48.0 Å². The molecule has 0 radical (unpaired) electrons. The lowest BCUT2D eigenvalue weighted by Crippen LogP contribution is -2.08. The minimum Gasteiger partial charge on any atom is -0.378 e. The van der Waals surface area contributed by atoms with Gasteiger partial charge in [0, 0.05) is 45.0 Å². The first-order chi connectivity index (χ1) is 11.5. The lowest BCUT2D eigenvalue weighted by molar-refractivity contribution is 1.13. The highest BCUT2D eigenvalue weighted by Crippen LogP contribution is 2.21. The normalized spacial score (nSPS) is 11.2. The van der Waals surface area contributed by atoms with Crippen LogP contribution in [0, 0.1) is 0 Å². The molecule has 2 aromatic carbocycles. The molecule has 3 aromatic rings. The fourth-order valence-corrected chi connectivity index (χ4v) is 2.56. The van der Waals surface area contributed by atoms with Crippen molar-refractivity contribution in [1.82, 2.24) is 4.98 Å². The lowest BCUT2D eigenvalue weighted by Gasteiger charge is -2.12. The number of aromatic nitrogens is 1. The van der Waals surface area contributed by atoms with Crippen molar-refractivity contribution in [3.8, 4) is 0 Å². The van der Waals surface area contributed by atoms with E-state index in [4.69, 9.17) is 4.98 Å². The second kappa shape index (κ2) is 6.75. The monoisotopic (exact) mass is 317 g/mol. The predicted molar refractivity (Wildman–Crippen MR) is 106 cm³/mol. The molecule has 0 bridgehead atoms. The van der Waals surface area contributed by atoms with Crippen molar-refractivity contribution in [3.05, 3.63) is 65.9 Å². The van der Waals surface area contributed by atoms with Crippen LogP contribution in [0.15, 0.2) is 54.6 Å². The van der Waals surface area contributed by atoms with E-state index in [1.165, 1.54) is 16.9 Å². The maximum Gasteiger partial charge on any atom is 0.0710 e. The Hall–Kier alpha value is -2.81. The molecule has 3 rings (SSSR count). The summed E-state index contributed by atoms with van der Waals surface area (Å²) in [5.74, 6) is 0. The van der Waals surface area contributed by atoms with Crippen molar-refractivity contribution in [2.45, 2.75) is 0 Å². The summed E-state index contributed by atoms with van der Waals surface area (Å²) >= 11 is 0. The second-order valence-electron chi connectivity index (χ2n) is 6.33. The highest BCUT2D eigenvalue weighted by atomic mass is 15.1. The van der Waals surface area contributed by atoms with Gasteiger partial charge in [-0.2, -0.15) is 0 Å². The van der Waals surface area contributed by atoms with Gasteiger partial charge in [0.2, 0.25) is 0 Å². The quantitative estimate of drug-likeness (QED) is 0.704. The SMILES string of the molecule is CN(C)c1ccc(C=Cc2ccc3cc(N(C)C)ccc3n2)cc1. The molecule has 0 unspecified atom stereocenters. The van der Waals surface area contributed by atoms with Crippen LogP contribution in [0.5, 0.6) is 0 Å². The third kappa shape index (κ3) is 3.57. The summed E-state index contributed by atoms with van der Waals surface area (Å²) in [5.41, 5.74) is 5.55. The Bertz CT molecular complexity index is 862. The van der Waals surface area contributed by atoms with Crippen LogP contribution in [-0.4, -0.2) is 33.2 Å². The smallest absolute Gasteiger partial charge is 0.0710 e. The molecule has 3 nitrogen and oxygen atoms in total. The van der Waals surface area contributed by atoms with Crippen LogP contribution in [0.1, 0.15) is 11.3 Å². The van der Waals surface area contributed by atoms with E-state index >= 15 is 0 Å². The Morgan fingerprint density at radius 1 is 0.708 bits per heavy atom. The summed E-state index contributed by atoms with van der Waals surface area (Å²) in [7, 11) is 8.19. The molecule has 1 aromatic heterocycles. The first-order valence-corrected chi connectivity index (χ1v) is 8.06. The van der Waals surface area contributed by atoms with Gasteiger partial charge in [-0.25, -0.2) is 4.98 Å². The van der Waals surface area contributed by atoms with Crippen molar-refractivity contribution in [2.75, 3.05) is 38.0 Å². The Labute approximate surface area is 143 Å². The Morgan fingerprint density at radius 3 is 2.04 bits per heavy atom. The van der Waals surface area contributed by atoms with E-state index in [9.17, 15) is 0 Å². The summed E-state index contributed by atoms with van der Waals surface area (Å²) in [6.07, 6.45) is 4.16. The van der Waals surface area contributed by atoms with Crippen LogP contribution < -0.4 is 9.80 Å². The van der Waals surface area contributed by atoms with E-state index in [1.54, 1.807) is 0 Å². The summed E-state index contributed by atoms with van der Waals surface area (Å²) in [5, 5.41) is 1.16. The average molecular weight is 317 g/mol. The van der Waals surface area contributed by atoms with Crippen LogP contribution in [0.4, 0.5) is 11.4 Å². The zero-order valence-electron chi connectivity index (χ0n) is 14.7. The first-order valence-electron chi connectivity index (χ1n) is 8.06. The third-order valence-corrected chi connectivity index (χ3v) is 4.07. The van der Waals surface area contributed by atoms with Crippen molar-refractivity contribution >= 4 is 34.4 Å². The number of anilines is 2. The van der Waals surface area contributed by atoms with E-state index in [2.05, 4.69) is 76.5 Å². The van der Waals surface area contributed by atoms with Gasteiger partial charge in [0.15, 0.2) is 0 Å². The molecule has 3 heteroatoms. The van der Waals surface area contributed by atoms with Crippen LogP contribution >= 0.6 is 0 Å².